The second kappa shape index (κ2) is 8.92. The van der Waals surface area contributed by atoms with E-state index in [2.05, 4.69) is 46.3 Å². The summed E-state index contributed by atoms with van der Waals surface area (Å²) in [5.41, 5.74) is 15.4. The molecule has 6 nitrogen and oxygen atoms in total. The molecule has 2 heterocycles. The molecule has 0 amide bonds. The van der Waals surface area contributed by atoms with Crippen LogP contribution in [0.1, 0.15) is 29.8 Å². The highest BCUT2D eigenvalue weighted by Crippen LogP contribution is 2.31. The number of rotatable bonds is 6. The molecule has 0 atom stereocenters. The third-order valence-corrected chi connectivity index (χ3v) is 5.31. The second-order valence-electron chi connectivity index (χ2n) is 7.38. The summed E-state index contributed by atoms with van der Waals surface area (Å²) in [6.45, 7) is 2.21. The van der Waals surface area contributed by atoms with Gasteiger partial charge in [0, 0.05) is 32.2 Å². The molecule has 4 N–H and O–H groups in total. The van der Waals surface area contributed by atoms with E-state index in [4.69, 9.17) is 21.2 Å². The van der Waals surface area contributed by atoms with Crippen molar-refractivity contribution in [3.8, 4) is 0 Å². The van der Waals surface area contributed by atoms with Gasteiger partial charge in [-0.1, -0.05) is 60.7 Å². The smallest absolute Gasteiger partial charge is 0.158 e. The number of nitrogen functional groups attached to an aromatic ring is 2. The summed E-state index contributed by atoms with van der Waals surface area (Å²) in [6, 6.07) is 20.8. The van der Waals surface area contributed by atoms with E-state index in [-0.39, 0.29) is 0 Å². The molecule has 1 aliphatic rings. The van der Waals surface area contributed by atoms with Gasteiger partial charge < -0.3 is 21.1 Å². The van der Waals surface area contributed by atoms with E-state index in [0.29, 0.717) is 29.8 Å². The predicted octanol–water partition coefficient (Wildman–Crippen LogP) is 3.42. The quantitative estimate of drug-likeness (QED) is 0.671. The summed E-state index contributed by atoms with van der Waals surface area (Å²) >= 11 is 0. The van der Waals surface area contributed by atoms with Crippen molar-refractivity contribution in [1.29, 1.82) is 0 Å². The van der Waals surface area contributed by atoms with Crippen LogP contribution in [0.3, 0.4) is 0 Å². The Labute approximate surface area is 171 Å². The lowest BCUT2D eigenvalue weighted by atomic mass is 10.1. The maximum absolute atomic E-state index is 6.38. The predicted molar refractivity (Wildman–Crippen MR) is 117 cm³/mol. The molecule has 0 saturated carbocycles. The van der Waals surface area contributed by atoms with Gasteiger partial charge in [0.05, 0.1) is 0 Å². The molecule has 1 aliphatic heterocycles. The van der Waals surface area contributed by atoms with E-state index in [9.17, 15) is 0 Å². The number of anilines is 3. The van der Waals surface area contributed by atoms with Crippen molar-refractivity contribution in [2.45, 2.75) is 31.8 Å². The van der Waals surface area contributed by atoms with Crippen LogP contribution in [0.5, 0.6) is 0 Å². The maximum Gasteiger partial charge on any atom is 0.158 e. The van der Waals surface area contributed by atoms with Gasteiger partial charge in [0.1, 0.15) is 11.5 Å². The van der Waals surface area contributed by atoms with Crippen molar-refractivity contribution in [2.75, 3.05) is 29.6 Å². The number of hydrogen-bond acceptors (Lipinski definition) is 6. The van der Waals surface area contributed by atoms with Crippen molar-refractivity contribution < 1.29 is 4.74 Å². The van der Waals surface area contributed by atoms with Crippen molar-refractivity contribution in [2.24, 2.45) is 0 Å². The van der Waals surface area contributed by atoms with E-state index in [1.807, 2.05) is 24.3 Å². The topological polar surface area (TPSA) is 90.3 Å². The molecule has 4 rings (SSSR count). The van der Waals surface area contributed by atoms with Gasteiger partial charge in [-0.15, -0.1) is 0 Å². The molecular formula is C23H27N5O. The highest BCUT2D eigenvalue weighted by Gasteiger charge is 2.26. The third-order valence-electron chi connectivity index (χ3n) is 5.31. The Kier molecular flexibility index (Phi) is 5.91. The molecule has 1 saturated heterocycles. The zero-order chi connectivity index (χ0) is 20.1. The molecule has 1 fully saturated rings. The lowest BCUT2D eigenvalue weighted by Gasteiger charge is -2.36. The Morgan fingerprint density at radius 3 is 2.14 bits per heavy atom. The van der Waals surface area contributed by atoms with E-state index >= 15 is 0 Å². The molecule has 2 aromatic carbocycles. The minimum atomic E-state index is 0.296. The number of aromatic nitrogens is 2. The van der Waals surface area contributed by atoms with Crippen LogP contribution in [0.4, 0.5) is 17.3 Å². The van der Waals surface area contributed by atoms with Gasteiger partial charge in [0.15, 0.2) is 11.6 Å². The number of benzene rings is 2. The normalized spacial score (nSPS) is 14.6. The summed E-state index contributed by atoms with van der Waals surface area (Å²) in [5.74, 6) is 1.74. The van der Waals surface area contributed by atoms with E-state index in [1.165, 1.54) is 5.56 Å². The summed E-state index contributed by atoms with van der Waals surface area (Å²) in [6.07, 6.45) is 2.49. The first-order chi connectivity index (χ1) is 14.2. The average Bonchev–Trinajstić information content (AvgIpc) is 2.77. The molecule has 6 heteroatoms. The number of nitrogens with two attached hydrogens (primary N) is 2. The van der Waals surface area contributed by atoms with Gasteiger partial charge >= 0.3 is 0 Å². The molecule has 0 spiro atoms. The van der Waals surface area contributed by atoms with Crippen LogP contribution in [0.2, 0.25) is 0 Å². The zero-order valence-electron chi connectivity index (χ0n) is 16.5. The monoisotopic (exact) mass is 389 g/mol. The lowest BCUT2D eigenvalue weighted by molar-refractivity contribution is 0.0840. The molecule has 0 bridgehead atoms. The number of nitrogens with zero attached hydrogens (tertiary/aromatic N) is 3. The first-order valence-corrected chi connectivity index (χ1v) is 10.0. The van der Waals surface area contributed by atoms with Gasteiger partial charge in [-0.05, 0) is 24.0 Å². The van der Waals surface area contributed by atoms with Crippen LogP contribution in [0, 0.1) is 0 Å². The van der Waals surface area contributed by atoms with Crippen LogP contribution in [-0.4, -0.2) is 29.2 Å². The molecule has 0 radical (unpaired) electrons. The average molecular weight is 390 g/mol. The van der Waals surface area contributed by atoms with E-state index < -0.39 is 0 Å². The van der Waals surface area contributed by atoms with Crippen molar-refractivity contribution in [1.82, 2.24) is 9.97 Å². The lowest BCUT2D eigenvalue weighted by Crippen LogP contribution is -2.40. The zero-order valence-corrected chi connectivity index (χ0v) is 16.5. The Bertz CT molecular complexity index is 927. The third kappa shape index (κ3) is 4.66. The first-order valence-electron chi connectivity index (χ1n) is 10.0. The summed E-state index contributed by atoms with van der Waals surface area (Å²) in [7, 11) is 0. The van der Waals surface area contributed by atoms with Crippen LogP contribution in [0.25, 0.3) is 0 Å². The molecule has 1 aromatic heterocycles. The van der Waals surface area contributed by atoms with Crippen molar-refractivity contribution in [3.05, 3.63) is 77.6 Å². The summed E-state index contributed by atoms with van der Waals surface area (Å²) < 4.78 is 5.58. The van der Waals surface area contributed by atoms with Crippen LogP contribution >= 0.6 is 0 Å². The highest BCUT2D eigenvalue weighted by atomic mass is 16.5. The van der Waals surface area contributed by atoms with Gasteiger partial charge in [-0.2, -0.15) is 0 Å². The fraction of sp³-hybridized carbons (Fsp3) is 0.304. The minimum Gasteiger partial charge on any atom is -0.393 e. The highest BCUT2D eigenvalue weighted by molar-refractivity contribution is 5.74. The molecule has 29 heavy (non-hydrogen) atoms. The van der Waals surface area contributed by atoms with Crippen molar-refractivity contribution >= 4 is 17.3 Å². The minimum absolute atomic E-state index is 0.296. The fourth-order valence-electron chi connectivity index (χ4n) is 3.75. The molecule has 3 aromatic rings. The van der Waals surface area contributed by atoms with Crippen LogP contribution in [0.15, 0.2) is 60.7 Å². The molecular weight excluding hydrogens is 362 g/mol. The standard InChI is InChI=1S/C23H27N5O/c24-21-22(25)26-20(15-17-7-3-1-4-8-17)27-23(21)28(19-11-13-29-14-12-19)16-18-9-5-2-6-10-18/h1-10,19H,11-16,24H2,(H2,25,26,27). The van der Waals surface area contributed by atoms with Gasteiger partial charge in [-0.3, -0.25) is 0 Å². The van der Waals surface area contributed by atoms with Gasteiger partial charge in [0.25, 0.3) is 0 Å². The van der Waals surface area contributed by atoms with E-state index in [0.717, 1.165) is 44.0 Å². The molecule has 0 aliphatic carbocycles. The first kappa shape index (κ1) is 19.2. The van der Waals surface area contributed by atoms with Crippen LogP contribution < -0.4 is 16.4 Å². The van der Waals surface area contributed by atoms with E-state index in [1.54, 1.807) is 0 Å². The second-order valence-corrected chi connectivity index (χ2v) is 7.38. The molecule has 150 valence electrons. The fourth-order valence-corrected chi connectivity index (χ4v) is 3.75. The van der Waals surface area contributed by atoms with Crippen LogP contribution in [-0.2, 0) is 17.7 Å². The molecule has 0 unspecified atom stereocenters. The Morgan fingerprint density at radius 1 is 0.862 bits per heavy atom. The van der Waals surface area contributed by atoms with Gasteiger partial charge in [-0.25, -0.2) is 9.97 Å². The Hall–Kier alpha value is -3.12. The largest absolute Gasteiger partial charge is 0.393 e. The maximum atomic E-state index is 6.38. The number of ether oxygens (including phenoxy) is 1. The van der Waals surface area contributed by atoms with Gasteiger partial charge in [0.2, 0.25) is 0 Å². The SMILES string of the molecule is Nc1nc(Cc2ccccc2)nc(N(Cc2ccccc2)C2CCOCC2)c1N. The Balaban J connectivity index is 1.70. The Morgan fingerprint density at radius 2 is 1.48 bits per heavy atom. The summed E-state index contributed by atoms with van der Waals surface area (Å²) in [5, 5.41) is 0. The summed E-state index contributed by atoms with van der Waals surface area (Å²) in [4.78, 5) is 11.6. The number of hydrogen-bond donors (Lipinski definition) is 2. The van der Waals surface area contributed by atoms with Crippen molar-refractivity contribution in [3.63, 3.8) is 0 Å².